The van der Waals surface area contributed by atoms with E-state index < -0.39 is 0 Å². The molecule has 0 unspecified atom stereocenters. The standard InChI is InChI=1S/C32H35N5O3/c1-3-37(32(40)30-17-4-22(2)33-30)28-15-11-25(12-16-28)34-24-7-9-26(10-8-24)35-31(39)23-5-13-27(14-6-23)36-20-18-29(38)19-21-36/h4-17,29,33-34,38H,3,18-21H2,1-2H3,(H,35,39). The Morgan fingerprint density at radius 1 is 0.875 bits per heavy atom. The molecule has 0 spiro atoms. The van der Waals surface area contributed by atoms with Crippen molar-refractivity contribution in [1.82, 2.24) is 4.98 Å². The minimum absolute atomic E-state index is 0.0624. The van der Waals surface area contributed by atoms with Crippen LogP contribution in [0.1, 0.15) is 46.3 Å². The Labute approximate surface area is 234 Å². The van der Waals surface area contributed by atoms with Crippen molar-refractivity contribution >= 4 is 40.3 Å². The number of aliphatic hydroxyl groups is 1. The van der Waals surface area contributed by atoms with Gasteiger partial charge in [-0.15, -0.1) is 0 Å². The molecule has 1 aromatic heterocycles. The Morgan fingerprint density at radius 2 is 1.48 bits per heavy atom. The summed E-state index contributed by atoms with van der Waals surface area (Å²) in [7, 11) is 0. The molecule has 5 rings (SSSR count). The maximum atomic E-state index is 12.9. The molecule has 8 nitrogen and oxygen atoms in total. The van der Waals surface area contributed by atoms with Crippen LogP contribution >= 0.6 is 0 Å². The van der Waals surface area contributed by atoms with Crippen LogP contribution in [0.5, 0.6) is 0 Å². The Morgan fingerprint density at radius 3 is 2.05 bits per heavy atom. The zero-order chi connectivity index (χ0) is 28.1. The number of aromatic nitrogens is 1. The average Bonchev–Trinajstić information content (AvgIpc) is 3.42. The maximum absolute atomic E-state index is 12.9. The van der Waals surface area contributed by atoms with E-state index in [0.29, 0.717) is 23.5 Å². The van der Waals surface area contributed by atoms with Crippen LogP contribution in [-0.4, -0.2) is 47.6 Å². The maximum Gasteiger partial charge on any atom is 0.274 e. The monoisotopic (exact) mass is 537 g/mol. The van der Waals surface area contributed by atoms with Gasteiger partial charge in [0.05, 0.1) is 6.10 Å². The van der Waals surface area contributed by atoms with Crippen LogP contribution < -0.4 is 20.4 Å². The van der Waals surface area contributed by atoms with Crippen LogP contribution in [0.3, 0.4) is 0 Å². The molecule has 1 aliphatic heterocycles. The largest absolute Gasteiger partial charge is 0.393 e. The van der Waals surface area contributed by atoms with E-state index in [-0.39, 0.29) is 17.9 Å². The predicted octanol–water partition coefficient (Wildman–Crippen LogP) is 5.95. The van der Waals surface area contributed by atoms with E-state index >= 15 is 0 Å². The van der Waals surface area contributed by atoms with E-state index in [9.17, 15) is 14.7 Å². The summed E-state index contributed by atoms with van der Waals surface area (Å²) in [5, 5.41) is 16.0. The molecule has 2 heterocycles. The van der Waals surface area contributed by atoms with Crippen LogP contribution in [0.2, 0.25) is 0 Å². The van der Waals surface area contributed by atoms with E-state index in [4.69, 9.17) is 0 Å². The summed E-state index contributed by atoms with van der Waals surface area (Å²) in [5.41, 5.74) is 6.49. The van der Waals surface area contributed by atoms with Crippen molar-refractivity contribution in [3.63, 3.8) is 0 Å². The van der Waals surface area contributed by atoms with Gasteiger partial charge in [0, 0.05) is 59.3 Å². The van der Waals surface area contributed by atoms with Crippen molar-refractivity contribution in [3.8, 4) is 0 Å². The van der Waals surface area contributed by atoms with E-state index in [2.05, 4.69) is 20.5 Å². The van der Waals surface area contributed by atoms with Crippen LogP contribution in [0.25, 0.3) is 0 Å². The van der Waals surface area contributed by atoms with E-state index in [1.165, 1.54) is 0 Å². The Bertz CT molecular complexity index is 1440. The zero-order valence-electron chi connectivity index (χ0n) is 22.9. The van der Waals surface area contributed by atoms with Gasteiger partial charge in [0.25, 0.3) is 11.8 Å². The smallest absolute Gasteiger partial charge is 0.274 e. The third kappa shape index (κ3) is 6.35. The zero-order valence-corrected chi connectivity index (χ0v) is 22.9. The highest BCUT2D eigenvalue weighted by Crippen LogP contribution is 2.25. The second-order valence-corrected chi connectivity index (χ2v) is 10.1. The lowest BCUT2D eigenvalue weighted by atomic mass is 10.1. The Kier molecular flexibility index (Phi) is 8.17. The predicted molar refractivity (Wildman–Crippen MR) is 161 cm³/mol. The molecule has 40 heavy (non-hydrogen) atoms. The van der Waals surface area contributed by atoms with Gasteiger partial charge in [0.15, 0.2) is 0 Å². The molecule has 0 radical (unpaired) electrons. The first kappa shape index (κ1) is 27.0. The van der Waals surface area contributed by atoms with Gasteiger partial charge < -0.3 is 30.5 Å². The summed E-state index contributed by atoms with van der Waals surface area (Å²) < 4.78 is 0. The number of benzene rings is 3. The van der Waals surface area contributed by atoms with Crippen molar-refractivity contribution in [3.05, 3.63) is 102 Å². The van der Waals surface area contributed by atoms with Crippen molar-refractivity contribution < 1.29 is 14.7 Å². The third-order valence-electron chi connectivity index (χ3n) is 7.19. The van der Waals surface area contributed by atoms with Crippen LogP contribution in [0, 0.1) is 6.92 Å². The van der Waals surface area contributed by atoms with Gasteiger partial charge in [-0.05, 0) is 112 Å². The molecule has 4 aromatic rings. The molecular weight excluding hydrogens is 502 g/mol. The fourth-order valence-electron chi connectivity index (χ4n) is 4.90. The van der Waals surface area contributed by atoms with Crippen LogP contribution in [0.15, 0.2) is 84.9 Å². The molecule has 8 heteroatoms. The molecule has 1 fully saturated rings. The van der Waals surface area contributed by atoms with E-state index in [0.717, 1.165) is 54.4 Å². The van der Waals surface area contributed by atoms with E-state index in [1.54, 1.807) is 4.90 Å². The molecule has 0 saturated carbocycles. The summed E-state index contributed by atoms with van der Waals surface area (Å²) >= 11 is 0. The van der Waals surface area contributed by atoms with Crippen molar-refractivity contribution in [2.75, 3.05) is 40.1 Å². The first-order valence-corrected chi connectivity index (χ1v) is 13.7. The SMILES string of the molecule is CCN(C(=O)c1ccc(C)[nH]1)c1ccc(Nc2ccc(NC(=O)c3ccc(N4CCC(O)CC4)cc3)cc2)cc1. The number of rotatable bonds is 8. The number of hydrogen-bond donors (Lipinski definition) is 4. The highest BCUT2D eigenvalue weighted by Gasteiger charge is 2.18. The van der Waals surface area contributed by atoms with Crippen LogP contribution in [-0.2, 0) is 0 Å². The lowest BCUT2D eigenvalue weighted by Gasteiger charge is -2.31. The van der Waals surface area contributed by atoms with Gasteiger partial charge in [0.1, 0.15) is 5.69 Å². The number of aromatic amines is 1. The summed E-state index contributed by atoms with van der Waals surface area (Å²) in [5.74, 6) is -0.228. The second kappa shape index (κ2) is 12.1. The van der Waals surface area contributed by atoms with Crippen molar-refractivity contribution in [2.24, 2.45) is 0 Å². The number of amides is 2. The fraction of sp³-hybridized carbons (Fsp3) is 0.250. The highest BCUT2D eigenvalue weighted by atomic mass is 16.3. The molecule has 2 amide bonds. The van der Waals surface area contributed by atoms with Crippen molar-refractivity contribution in [1.29, 1.82) is 0 Å². The highest BCUT2D eigenvalue weighted by molar-refractivity contribution is 6.05. The molecule has 0 aliphatic carbocycles. The molecule has 206 valence electrons. The number of piperidine rings is 1. The molecule has 3 aromatic carbocycles. The molecule has 0 atom stereocenters. The lowest BCUT2D eigenvalue weighted by Crippen LogP contribution is -2.35. The number of anilines is 5. The number of aryl methyl sites for hydroxylation is 1. The second-order valence-electron chi connectivity index (χ2n) is 10.1. The first-order valence-electron chi connectivity index (χ1n) is 13.7. The van der Waals surface area contributed by atoms with E-state index in [1.807, 2.05) is 98.8 Å². The molecule has 1 saturated heterocycles. The Balaban J connectivity index is 1.16. The van der Waals surface area contributed by atoms with Crippen LogP contribution in [0.4, 0.5) is 28.4 Å². The van der Waals surface area contributed by atoms with Gasteiger partial charge in [-0.3, -0.25) is 9.59 Å². The normalized spacial score (nSPS) is 13.6. The molecule has 1 aliphatic rings. The van der Waals surface area contributed by atoms with Gasteiger partial charge in [0.2, 0.25) is 0 Å². The summed E-state index contributed by atoms with van der Waals surface area (Å²) in [4.78, 5) is 32.7. The molecule has 4 N–H and O–H groups in total. The lowest BCUT2D eigenvalue weighted by molar-refractivity contribution is 0.0982. The van der Waals surface area contributed by atoms with Crippen molar-refractivity contribution in [2.45, 2.75) is 32.8 Å². The topological polar surface area (TPSA) is 101 Å². The minimum Gasteiger partial charge on any atom is -0.393 e. The van der Waals surface area contributed by atoms with Gasteiger partial charge in [-0.25, -0.2) is 0 Å². The summed E-state index contributed by atoms with van der Waals surface area (Å²) in [6.07, 6.45) is 1.33. The minimum atomic E-state index is -0.211. The fourth-order valence-corrected chi connectivity index (χ4v) is 4.90. The number of carbonyl (C=O) groups excluding carboxylic acids is 2. The summed E-state index contributed by atoms with van der Waals surface area (Å²) in [6, 6.07) is 26.6. The number of nitrogens with one attached hydrogen (secondary N) is 3. The molecular formula is C32H35N5O3. The van der Waals surface area contributed by atoms with Gasteiger partial charge in [-0.2, -0.15) is 0 Å². The quantitative estimate of drug-likeness (QED) is 0.223. The number of aliphatic hydroxyl groups excluding tert-OH is 1. The summed E-state index contributed by atoms with van der Waals surface area (Å²) in [6.45, 7) is 6.09. The average molecular weight is 538 g/mol. The van der Waals surface area contributed by atoms with Gasteiger partial charge in [-0.1, -0.05) is 0 Å². The first-order chi connectivity index (χ1) is 19.4. The number of carbonyl (C=O) groups is 2. The Hall–Kier alpha value is -4.56. The number of hydrogen-bond acceptors (Lipinski definition) is 5. The number of nitrogens with zero attached hydrogens (tertiary/aromatic N) is 2. The third-order valence-corrected chi connectivity index (χ3v) is 7.19. The molecule has 0 bridgehead atoms. The number of H-pyrrole nitrogens is 1. The van der Waals surface area contributed by atoms with Gasteiger partial charge >= 0.3 is 0 Å².